The number of H-pyrrole nitrogens is 1. The van der Waals surface area contributed by atoms with Gasteiger partial charge in [-0.2, -0.15) is 0 Å². The number of nitrogens with zero attached hydrogens (tertiary/aromatic N) is 1. The number of nitrogens with one attached hydrogen (secondary N) is 2. The fraction of sp³-hybridized carbons (Fsp3) is 0.158. The first-order valence-electron chi connectivity index (χ1n) is 8.24. The zero-order chi connectivity index (χ0) is 17.9. The van der Waals surface area contributed by atoms with Crippen LogP contribution in [0.15, 0.2) is 69.2 Å². The van der Waals surface area contributed by atoms with E-state index in [0.29, 0.717) is 24.4 Å². The second-order valence-corrected chi connectivity index (χ2v) is 6.87. The number of thioether (sulfide) groups is 1. The minimum atomic E-state index is -0.185. The molecular weight excluding hydrogens is 350 g/mol. The molecule has 0 aliphatic heterocycles. The molecule has 0 radical (unpaired) electrons. The van der Waals surface area contributed by atoms with Gasteiger partial charge >= 0.3 is 0 Å². The van der Waals surface area contributed by atoms with Gasteiger partial charge < -0.3 is 19.3 Å². The summed E-state index contributed by atoms with van der Waals surface area (Å²) in [5.74, 6) is 0.265. The summed E-state index contributed by atoms with van der Waals surface area (Å²) in [6.07, 6.45) is 5.13. The first kappa shape index (κ1) is 16.5. The molecule has 6 nitrogen and oxygen atoms in total. The molecule has 3 aromatic heterocycles. The molecule has 3 heterocycles. The zero-order valence-electron chi connectivity index (χ0n) is 13.9. The largest absolute Gasteiger partial charge is 0.459 e. The molecule has 1 amide bonds. The van der Waals surface area contributed by atoms with Crippen LogP contribution in [0, 0.1) is 0 Å². The highest BCUT2D eigenvalue weighted by Gasteiger charge is 2.08. The molecule has 7 heteroatoms. The Morgan fingerprint density at radius 2 is 2.12 bits per heavy atom. The van der Waals surface area contributed by atoms with Crippen molar-refractivity contribution in [2.45, 2.75) is 11.4 Å². The molecule has 0 saturated carbocycles. The number of hydrogen-bond donors (Lipinski definition) is 2. The Balaban J connectivity index is 1.31. The van der Waals surface area contributed by atoms with E-state index in [1.165, 1.54) is 18.0 Å². The van der Waals surface area contributed by atoms with Crippen molar-refractivity contribution < 1.29 is 9.21 Å². The molecule has 0 bridgehead atoms. The fourth-order valence-corrected chi connectivity index (χ4v) is 3.71. The molecule has 132 valence electrons. The lowest BCUT2D eigenvalue weighted by molar-refractivity contribution is -0.118. The van der Waals surface area contributed by atoms with Gasteiger partial charge in [0.25, 0.3) is 5.56 Å². The molecule has 26 heavy (non-hydrogen) atoms. The summed E-state index contributed by atoms with van der Waals surface area (Å²) in [5.41, 5.74) is 1.21. The van der Waals surface area contributed by atoms with E-state index in [9.17, 15) is 9.59 Å². The summed E-state index contributed by atoms with van der Waals surface area (Å²) >= 11 is 1.49. The van der Waals surface area contributed by atoms with Crippen molar-refractivity contribution in [2.24, 2.45) is 0 Å². The van der Waals surface area contributed by atoms with Crippen LogP contribution in [0.5, 0.6) is 0 Å². The molecule has 0 atom stereocenters. The summed E-state index contributed by atoms with van der Waals surface area (Å²) < 4.78 is 6.75. The fourth-order valence-electron chi connectivity index (χ4n) is 2.84. The van der Waals surface area contributed by atoms with Crippen molar-refractivity contribution in [2.75, 3.05) is 12.3 Å². The van der Waals surface area contributed by atoms with Gasteiger partial charge in [-0.05, 0) is 18.2 Å². The van der Waals surface area contributed by atoms with Gasteiger partial charge in [-0.25, -0.2) is 0 Å². The highest BCUT2D eigenvalue weighted by molar-refractivity contribution is 8.00. The van der Waals surface area contributed by atoms with Crippen molar-refractivity contribution >= 4 is 39.5 Å². The summed E-state index contributed by atoms with van der Waals surface area (Å²) in [7, 11) is 0. The Hall–Kier alpha value is -2.93. The van der Waals surface area contributed by atoms with Crippen LogP contribution < -0.4 is 10.9 Å². The third-order valence-corrected chi connectivity index (χ3v) is 5.23. The minimum absolute atomic E-state index is 0.0626. The highest BCUT2D eigenvalue weighted by Crippen LogP contribution is 2.27. The van der Waals surface area contributed by atoms with Crippen LogP contribution in [0.25, 0.3) is 21.9 Å². The van der Waals surface area contributed by atoms with Crippen LogP contribution in [0.1, 0.15) is 0 Å². The minimum Gasteiger partial charge on any atom is -0.459 e. The summed E-state index contributed by atoms with van der Waals surface area (Å²) in [6, 6.07) is 11.6. The lowest BCUT2D eigenvalue weighted by atomic mass is 10.2. The van der Waals surface area contributed by atoms with E-state index in [4.69, 9.17) is 4.42 Å². The molecule has 2 N–H and O–H groups in total. The molecule has 0 spiro atoms. The second kappa shape index (κ2) is 7.13. The van der Waals surface area contributed by atoms with Gasteiger partial charge in [0.1, 0.15) is 0 Å². The Morgan fingerprint density at radius 3 is 3.04 bits per heavy atom. The first-order chi connectivity index (χ1) is 12.7. The molecule has 1 aromatic carbocycles. The van der Waals surface area contributed by atoms with Gasteiger partial charge in [0.15, 0.2) is 5.58 Å². The average Bonchev–Trinajstić information content (AvgIpc) is 3.29. The van der Waals surface area contributed by atoms with E-state index >= 15 is 0 Å². The number of furan rings is 1. The van der Waals surface area contributed by atoms with Crippen molar-refractivity contribution in [1.82, 2.24) is 14.9 Å². The third kappa shape index (κ3) is 3.25. The summed E-state index contributed by atoms with van der Waals surface area (Å²) in [4.78, 5) is 28.5. The van der Waals surface area contributed by atoms with Gasteiger partial charge in [-0.15, -0.1) is 11.8 Å². The van der Waals surface area contributed by atoms with Crippen molar-refractivity contribution in [1.29, 1.82) is 0 Å². The number of pyridine rings is 1. The number of hydrogen-bond acceptors (Lipinski definition) is 4. The number of amides is 1. The number of para-hydroxylation sites is 1. The number of aromatic amines is 1. The summed E-state index contributed by atoms with van der Waals surface area (Å²) in [6.45, 7) is 0.790. The van der Waals surface area contributed by atoms with Crippen LogP contribution in [-0.2, 0) is 11.3 Å². The molecule has 0 unspecified atom stereocenters. The van der Waals surface area contributed by atoms with E-state index in [2.05, 4.69) is 10.3 Å². The monoisotopic (exact) mass is 367 g/mol. The lowest BCUT2D eigenvalue weighted by Gasteiger charge is -2.07. The standard InChI is InChI=1S/C19H17N3O3S/c23-17(12-26-16-11-21-15-4-2-1-3-14(15)16)20-7-9-22-8-5-13-6-10-25-18(13)19(22)24/h1-6,8,10-11,21H,7,9,12H2,(H,20,23). The Labute approximate surface area is 153 Å². The molecule has 0 saturated heterocycles. The first-order valence-corrected chi connectivity index (χ1v) is 9.23. The number of benzene rings is 1. The van der Waals surface area contributed by atoms with Crippen molar-refractivity contribution in [3.63, 3.8) is 0 Å². The Morgan fingerprint density at radius 1 is 1.23 bits per heavy atom. The SMILES string of the molecule is O=C(CSc1c[nH]c2ccccc12)NCCn1ccc2ccoc2c1=O. The lowest BCUT2D eigenvalue weighted by Crippen LogP contribution is -2.31. The number of carbonyl (C=O) groups is 1. The molecule has 0 aliphatic carbocycles. The average molecular weight is 367 g/mol. The van der Waals surface area contributed by atoms with Crippen molar-refractivity contribution in [3.05, 3.63) is 65.4 Å². The van der Waals surface area contributed by atoms with Crippen LogP contribution >= 0.6 is 11.8 Å². The number of rotatable bonds is 6. The maximum Gasteiger partial charge on any atom is 0.294 e. The number of aromatic nitrogens is 2. The maximum absolute atomic E-state index is 12.2. The van der Waals surface area contributed by atoms with Gasteiger partial charge in [0.2, 0.25) is 5.91 Å². The van der Waals surface area contributed by atoms with E-state index < -0.39 is 0 Å². The number of carbonyl (C=O) groups excluding carboxylic acids is 1. The molecule has 4 aromatic rings. The predicted molar refractivity (Wildman–Crippen MR) is 103 cm³/mol. The van der Waals surface area contributed by atoms with Crippen LogP contribution in [0.3, 0.4) is 0 Å². The quantitative estimate of drug-likeness (QED) is 0.514. The molecule has 0 fully saturated rings. The highest BCUT2D eigenvalue weighted by atomic mass is 32.2. The van der Waals surface area contributed by atoms with Gasteiger partial charge in [0, 0.05) is 46.7 Å². The molecular formula is C19H17N3O3S. The molecule has 0 aliphatic rings. The van der Waals surface area contributed by atoms with Gasteiger partial charge in [-0.1, -0.05) is 18.2 Å². The third-order valence-electron chi connectivity index (χ3n) is 4.17. The van der Waals surface area contributed by atoms with Gasteiger partial charge in [-0.3, -0.25) is 9.59 Å². The maximum atomic E-state index is 12.2. The van der Waals surface area contributed by atoms with E-state index in [-0.39, 0.29) is 11.5 Å². The number of fused-ring (bicyclic) bond motifs is 2. The Bertz CT molecular complexity index is 1130. The van der Waals surface area contributed by atoms with Crippen LogP contribution in [0.2, 0.25) is 0 Å². The van der Waals surface area contributed by atoms with E-state index in [1.54, 1.807) is 16.8 Å². The van der Waals surface area contributed by atoms with Gasteiger partial charge in [0.05, 0.1) is 12.0 Å². The zero-order valence-corrected chi connectivity index (χ0v) is 14.7. The normalized spacial score (nSPS) is 11.2. The topological polar surface area (TPSA) is 80.0 Å². The van der Waals surface area contributed by atoms with E-state index in [0.717, 1.165) is 21.2 Å². The Kier molecular flexibility index (Phi) is 4.53. The molecule has 4 rings (SSSR count). The van der Waals surface area contributed by atoms with Crippen LogP contribution in [-0.4, -0.2) is 27.8 Å². The van der Waals surface area contributed by atoms with Crippen LogP contribution in [0.4, 0.5) is 0 Å². The van der Waals surface area contributed by atoms with E-state index in [1.807, 2.05) is 36.5 Å². The summed E-state index contributed by atoms with van der Waals surface area (Å²) in [5, 5.41) is 4.75. The van der Waals surface area contributed by atoms with Crippen molar-refractivity contribution in [3.8, 4) is 0 Å². The predicted octanol–water partition coefficient (Wildman–Crippen LogP) is 2.98. The second-order valence-electron chi connectivity index (χ2n) is 5.86. The smallest absolute Gasteiger partial charge is 0.294 e.